The standard InChI is InChI=1S/C21H26N4O4S/c1-16(24(2)18-6-4-3-5-7-18)14-23-21(27)17-8-10-19(11-9-17)30(28,29)25-13-12-22-20(26)15-25/h3-11,16H,12-15H2,1-2H3,(H,22,26)(H,23,27). The number of benzene rings is 2. The number of carbonyl (C=O) groups excluding carboxylic acids is 2. The molecule has 0 aromatic heterocycles. The van der Waals surface area contributed by atoms with E-state index in [0.717, 1.165) is 9.99 Å². The molecule has 1 saturated heterocycles. The highest BCUT2D eigenvalue weighted by Crippen LogP contribution is 2.17. The Morgan fingerprint density at radius 3 is 2.47 bits per heavy atom. The Bertz CT molecular complexity index is 993. The molecule has 2 aromatic carbocycles. The van der Waals surface area contributed by atoms with Gasteiger partial charge in [-0.2, -0.15) is 4.31 Å². The first kappa shape index (κ1) is 21.8. The van der Waals surface area contributed by atoms with Gasteiger partial charge in [-0.05, 0) is 43.3 Å². The second-order valence-corrected chi connectivity index (χ2v) is 9.16. The summed E-state index contributed by atoms with van der Waals surface area (Å²) in [5.74, 6) is -0.597. The molecule has 2 N–H and O–H groups in total. The van der Waals surface area contributed by atoms with Gasteiger partial charge in [-0.3, -0.25) is 9.59 Å². The number of hydrogen-bond donors (Lipinski definition) is 2. The number of sulfonamides is 1. The molecule has 1 aliphatic heterocycles. The molecule has 1 heterocycles. The molecule has 1 fully saturated rings. The van der Waals surface area contributed by atoms with Crippen molar-refractivity contribution in [1.29, 1.82) is 0 Å². The maximum absolute atomic E-state index is 12.7. The molecule has 8 nitrogen and oxygen atoms in total. The molecule has 2 aromatic rings. The number of amides is 2. The first-order valence-corrected chi connectivity index (χ1v) is 11.2. The quantitative estimate of drug-likeness (QED) is 0.685. The number of hydrogen-bond acceptors (Lipinski definition) is 5. The fraction of sp³-hybridized carbons (Fsp3) is 0.333. The van der Waals surface area contributed by atoms with E-state index in [4.69, 9.17) is 0 Å². The first-order chi connectivity index (χ1) is 14.3. The van der Waals surface area contributed by atoms with Crippen molar-refractivity contribution >= 4 is 27.5 Å². The monoisotopic (exact) mass is 430 g/mol. The molecular formula is C21H26N4O4S. The normalized spacial score (nSPS) is 15.9. The molecule has 0 saturated carbocycles. The van der Waals surface area contributed by atoms with E-state index in [9.17, 15) is 18.0 Å². The molecule has 9 heteroatoms. The van der Waals surface area contributed by atoms with Crippen LogP contribution in [0.15, 0.2) is 59.5 Å². The number of nitrogens with zero attached hydrogens (tertiary/aromatic N) is 2. The third kappa shape index (κ3) is 4.98. The number of likely N-dealkylation sites (N-methyl/N-ethyl adjacent to an activating group) is 1. The minimum atomic E-state index is -3.77. The Kier molecular flexibility index (Phi) is 6.73. The van der Waals surface area contributed by atoms with E-state index < -0.39 is 10.0 Å². The number of piperazine rings is 1. The van der Waals surface area contributed by atoms with Crippen LogP contribution in [0, 0.1) is 0 Å². The SMILES string of the molecule is CC(CNC(=O)c1ccc(S(=O)(=O)N2CCNC(=O)C2)cc1)N(C)c1ccccc1. The van der Waals surface area contributed by atoms with Gasteiger partial charge in [0.15, 0.2) is 0 Å². The van der Waals surface area contributed by atoms with Gasteiger partial charge >= 0.3 is 0 Å². The smallest absolute Gasteiger partial charge is 0.251 e. The lowest BCUT2D eigenvalue weighted by molar-refractivity contribution is -0.122. The second kappa shape index (κ2) is 9.27. The third-order valence-electron chi connectivity index (χ3n) is 5.14. The summed E-state index contributed by atoms with van der Waals surface area (Å²) in [6.45, 7) is 2.76. The highest BCUT2D eigenvalue weighted by atomic mass is 32.2. The van der Waals surface area contributed by atoms with Crippen LogP contribution in [0.3, 0.4) is 0 Å². The topological polar surface area (TPSA) is 98.8 Å². The number of carbonyl (C=O) groups is 2. The molecule has 30 heavy (non-hydrogen) atoms. The first-order valence-electron chi connectivity index (χ1n) is 9.72. The van der Waals surface area contributed by atoms with Crippen LogP contribution in [0.4, 0.5) is 5.69 Å². The van der Waals surface area contributed by atoms with Crippen molar-refractivity contribution in [3.05, 3.63) is 60.2 Å². The largest absolute Gasteiger partial charge is 0.370 e. The minimum absolute atomic E-state index is 0.0610. The van der Waals surface area contributed by atoms with Crippen LogP contribution < -0.4 is 15.5 Å². The fourth-order valence-electron chi connectivity index (χ4n) is 3.14. The Labute approximate surface area is 176 Å². The Hall–Kier alpha value is -2.91. The highest BCUT2D eigenvalue weighted by Gasteiger charge is 2.29. The lowest BCUT2D eigenvalue weighted by Crippen LogP contribution is -2.49. The number of para-hydroxylation sites is 1. The van der Waals surface area contributed by atoms with Gasteiger partial charge in [0.25, 0.3) is 5.91 Å². The summed E-state index contributed by atoms with van der Waals surface area (Å²) >= 11 is 0. The van der Waals surface area contributed by atoms with Crippen molar-refractivity contribution in [1.82, 2.24) is 14.9 Å². The zero-order valence-electron chi connectivity index (χ0n) is 17.0. The van der Waals surface area contributed by atoms with Crippen molar-refractivity contribution in [2.75, 3.05) is 38.1 Å². The van der Waals surface area contributed by atoms with E-state index in [1.54, 1.807) is 0 Å². The molecule has 3 rings (SSSR count). The number of nitrogens with one attached hydrogen (secondary N) is 2. The van der Waals surface area contributed by atoms with Crippen LogP contribution >= 0.6 is 0 Å². The van der Waals surface area contributed by atoms with E-state index in [1.165, 1.54) is 24.3 Å². The summed E-state index contributed by atoms with van der Waals surface area (Å²) in [5.41, 5.74) is 1.43. The van der Waals surface area contributed by atoms with Crippen molar-refractivity contribution in [2.45, 2.75) is 17.9 Å². The van der Waals surface area contributed by atoms with Gasteiger partial charge in [-0.15, -0.1) is 0 Å². The maximum Gasteiger partial charge on any atom is 0.251 e. The van der Waals surface area contributed by atoms with E-state index >= 15 is 0 Å². The molecule has 0 aliphatic carbocycles. The Morgan fingerprint density at radius 2 is 1.83 bits per heavy atom. The van der Waals surface area contributed by atoms with Crippen molar-refractivity contribution in [3.8, 4) is 0 Å². The summed E-state index contributed by atoms with van der Waals surface area (Å²) in [6.07, 6.45) is 0. The molecule has 0 spiro atoms. The molecule has 160 valence electrons. The third-order valence-corrected chi connectivity index (χ3v) is 7.00. The number of rotatable bonds is 7. The molecule has 1 aliphatic rings. The summed E-state index contributed by atoms with van der Waals surface area (Å²) in [5, 5.41) is 5.48. The van der Waals surface area contributed by atoms with Crippen LogP contribution in [0.2, 0.25) is 0 Å². The summed E-state index contributed by atoms with van der Waals surface area (Å²) in [4.78, 5) is 26.1. The van der Waals surface area contributed by atoms with Crippen LogP contribution in [0.5, 0.6) is 0 Å². The van der Waals surface area contributed by atoms with Crippen LogP contribution in [-0.2, 0) is 14.8 Å². The Morgan fingerprint density at radius 1 is 1.17 bits per heavy atom. The number of anilines is 1. The van der Waals surface area contributed by atoms with E-state index in [1.807, 2.05) is 44.3 Å². The van der Waals surface area contributed by atoms with E-state index in [-0.39, 0.29) is 42.4 Å². The average molecular weight is 431 g/mol. The van der Waals surface area contributed by atoms with Gasteiger partial charge in [-0.25, -0.2) is 8.42 Å². The average Bonchev–Trinajstić information content (AvgIpc) is 2.77. The summed E-state index contributed by atoms with van der Waals surface area (Å²) in [7, 11) is -1.81. The van der Waals surface area contributed by atoms with Crippen molar-refractivity contribution in [2.24, 2.45) is 0 Å². The van der Waals surface area contributed by atoms with E-state index in [0.29, 0.717) is 12.1 Å². The van der Waals surface area contributed by atoms with E-state index in [2.05, 4.69) is 15.5 Å². The van der Waals surface area contributed by atoms with Gasteiger partial charge in [0.2, 0.25) is 15.9 Å². The van der Waals surface area contributed by atoms with Gasteiger partial charge < -0.3 is 15.5 Å². The lowest BCUT2D eigenvalue weighted by atomic mass is 10.2. The molecule has 1 atom stereocenters. The fourth-order valence-corrected chi connectivity index (χ4v) is 4.54. The molecule has 2 amide bonds. The predicted molar refractivity (Wildman–Crippen MR) is 115 cm³/mol. The maximum atomic E-state index is 12.7. The highest BCUT2D eigenvalue weighted by molar-refractivity contribution is 7.89. The van der Waals surface area contributed by atoms with Crippen LogP contribution in [0.25, 0.3) is 0 Å². The van der Waals surface area contributed by atoms with Crippen molar-refractivity contribution in [3.63, 3.8) is 0 Å². The van der Waals surface area contributed by atoms with Crippen LogP contribution in [0.1, 0.15) is 17.3 Å². The molecule has 1 unspecified atom stereocenters. The second-order valence-electron chi connectivity index (χ2n) is 7.22. The lowest BCUT2D eigenvalue weighted by Gasteiger charge is -2.27. The summed E-state index contributed by atoms with van der Waals surface area (Å²) < 4.78 is 26.5. The zero-order valence-corrected chi connectivity index (χ0v) is 17.9. The van der Waals surface area contributed by atoms with Gasteiger partial charge in [0.1, 0.15) is 0 Å². The zero-order chi connectivity index (χ0) is 21.7. The molecule has 0 radical (unpaired) electrons. The van der Waals surface area contributed by atoms with Gasteiger partial charge in [-0.1, -0.05) is 18.2 Å². The Balaban J connectivity index is 1.60. The van der Waals surface area contributed by atoms with Gasteiger partial charge in [0, 0.05) is 44.0 Å². The van der Waals surface area contributed by atoms with Crippen LogP contribution in [-0.4, -0.2) is 63.8 Å². The molecule has 0 bridgehead atoms. The minimum Gasteiger partial charge on any atom is -0.370 e. The summed E-state index contributed by atoms with van der Waals surface area (Å²) in [6, 6.07) is 15.7. The predicted octanol–water partition coefficient (Wildman–Crippen LogP) is 1.06. The van der Waals surface area contributed by atoms with Gasteiger partial charge in [0.05, 0.1) is 11.4 Å². The molecular weight excluding hydrogens is 404 g/mol. The van der Waals surface area contributed by atoms with Crippen molar-refractivity contribution < 1.29 is 18.0 Å².